The van der Waals surface area contributed by atoms with E-state index < -0.39 is 12.2 Å². The van der Waals surface area contributed by atoms with Crippen LogP contribution in [0.1, 0.15) is 156 Å². The highest BCUT2D eigenvalue weighted by Crippen LogP contribution is 2.04. The van der Waals surface area contributed by atoms with E-state index in [0.717, 1.165) is 51.4 Å². The Kier molecular flexibility index (Phi) is 46.3. The van der Waals surface area contributed by atoms with Crippen LogP contribution in [0.2, 0.25) is 0 Å². The van der Waals surface area contributed by atoms with Crippen molar-refractivity contribution in [2.24, 2.45) is 0 Å². The fraction of sp³-hybridized carbons (Fsp3) is 0.808. The Hall–Kier alpha value is -5.78. The Morgan fingerprint density at radius 1 is 0.276 bits per heavy atom. The van der Waals surface area contributed by atoms with Crippen molar-refractivity contribution >= 4 is 59.4 Å². The summed E-state index contributed by atoms with van der Waals surface area (Å²) in [5.74, 6) is -0.683. The van der Waals surface area contributed by atoms with Crippen molar-refractivity contribution in [3.8, 4) is 0 Å². The van der Waals surface area contributed by atoms with Crippen LogP contribution in [-0.2, 0) is 57.3 Å². The predicted octanol–water partition coefficient (Wildman–Crippen LogP) is 2.71. The van der Waals surface area contributed by atoms with Gasteiger partial charge in [-0.3, -0.25) is 38.4 Å². The molecule has 0 aliphatic rings. The fourth-order valence-corrected chi connectivity index (χ4v) is 6.90. The SMILES string of the molecule is CCC(=O)NCCCCCC(=O)NCCN(CCNC(=O)CCCCCNC(=O)CC)C(=O)OCCOCCOCCOC(=O)N(CCNC(=O)CCCCCNC(=O)CC)CCNC(=O)CCCCCNC(=O)CC. The molecule has 0 aliphatic carbocycles. The molecule has 0 rings (SSSR count). The molecule has 0 radical (unpaired) electrons. The van der Waals surface area contributed by atoms with Crippen LogP contribution in [-0.4, -0.2) is 187 Å². The first-order valence-corrected chi connectivity index (χ1v) is 27.9. The second kappa shape index (κ2) is 50.1. The molecule has 0 saturated heterocycles. The summed E-state index contributed by atoms with van der Waals surface area (Å²) in [5, 5.41) is 22.5. The highest BCUT2D eigenvalue weighted by Gasteiger charge is 2.18. The summed E-state index contributed by atoms with van der Waals surface area (Å²) in [6.07, 6.45) is 10.5. The van der Waals surface area contributed by atoms with Gasteiger partial charge in [0.2, 0.25) is 47.3 Å². The van der Waals surface area contributed by atoms with E-state index in [2.05, 4.69) is 42.5 Å². The van der Waals surface area contributed by atoms with E-state index in [0.29, 0.717) is 103 Å². The molecule has 0 fully saturated rings. The number of amides is 10. The van der Waals surface area contributed by atoms with Gasteiger partial charge in [-0.25, -0.2) is 9.59 Å². The summed E-state index contributed by atoms with van der Waals surface area (Å²) < 4.78 is 22.0. The number of nitrogens with one attached hydrogen (secondary N) is 8. The zero-order valence-electron chi connectivity index (χ0n) is 46.5. The van der Waals surface area contributed by atoms with Crippen LogP contribution in [0.4, 0.5) is 9.59 Å². The summed E-state index contributed by atoms with van der Waals surface area (Å²) in [7, 11) is 0. The summed E-state index contributed by atoms with van der Waals surface area (Å²) in [4.78, 5) is 124. The zero-order chi connectivity index (χ0) is 56.3. The summed E-state index contributed by atoms with van der Waals surface area (Å²) in [6, 6.07) is 0. The number of rotatable bonds is 49. The van der Waals surface area contributed by atoms with Gasteiger partial charge >= 0.3 is 12.2 Å². The van der Waals surface area contributed by atoms with Gasteiger partial charge in [0.15, 0.2) is 0 Å². The maximum atomic E-state index is 13.1. The maximum Gasteiger partial charge on any atom is 0.409 e. The topological polar surface area (TPSA) is 310 Å². The average molecular weight is 1090 g/mol. The molecule has 0 aliphatic heterocycles. The molecule has 0 atom stereocenters. The van der Waals surface area contributed by atoms with Gasteiger partial charge in [0.05, 0.1) is 26.4 Å². The Labute approximate surface area is 451 Å². The molecular weight excluding hydrogens is 989 g/mol. The van der Waals surface area contributed by atoms with Crippen LogP contribution in [0.25, 0.3) is 0 Å². The molecule has 0 unspecified atom stereocenters. The Morgan fingerprint density at radius 2 is 0.500 bits per heavy atom. The number of nitrogens with zero attached hydrogens (tertiary/aromatic N) is 2. The van der Waals surface area contributed by atoms with E-state index in [9.17, 15) is 47.9 Å². The molecule has 0 spiro atoms. The van der Waals surface area contributed by atoms with Gasteiger partial charge in [0.25, 0.3) is 0 Å². The van der Waals surface area contributed by atoms with E-state index in [4.69, 9.17) is 18.9 Å². The zero-order valence-corrected chi connectivity index (χ0v) is 46.5. The van der Waals surface area contributed by atoms with Crippen LogP contribution >= 0.6 is 0 Å². The van der Waals surface area contributed by atoms with E-state index in [1.54, 1.807) is 27.7 Å². The van der Waals surface area contributed by atoms with Crippen molar-refractivity contribution in [1.29, 1.82) is 0 Å². The summed E-state index contributed by atoms with van der Waals surface area (Å²) in [5.41, 5.74) is 0. The third-order valence-corrected chi connectivity index (χ3v) is 11.5. The number of carbonyl (C=O) groups is 10. The minimum atomic E-state index is -0.643. The standard InChI is InChI=1S/C52H96N10O14/c1-5-43(63)53-25-17-9-13-21-47(67)57-29-33-61(34-30-58-48(68)22-14-10-18-26-54-44(64)6-2)51(71)75-41-39-73-37-38-74-40-42-76-52(72)62(35-31-59-49(69)23-15-11-19-27-55-45(65)7-3)36-32-60-50(70)24-16-12-20-28-56-46(66)8-4/h5-42H2,1-4H3,(H,53,63)(H,54,64)(H,55,65)(H,56,66)(H,57,67)(H,58,68)(H,59,69)(H,60,70). The predicted molar refractivity (Wildman–Crippen MR) is 287 cm³/mol. The molecule has 24 nitrogen and oxygen atoms in total. The van der Waals surface area contributed by atoms with E-state index in [1.807, 2.05) is 0 Å². The molecule has 438 valence electrons. The van der Waals surface area contributed by atoms with Crippen molar-refractivity contribution < 1.29 is 66.9 Å². The Morgan fingerprint density at radius 3 is 0.737 bits per heavy atom. The maximum absolute atomic E-state index is 13.1. The summed E-state index contributed by atoms with van der Waals surface area (Å²) in [6.45, 7) is 11.0. The minimum absolute atomic E-state index is 0.00903. The normalized spacial score (nSPS) is 10.6. The molecule has 0 aromatic carbocycles. The first-order chi connectivity index (χ1) is 36.8. The van der Waals surface area contributed by atoms with Crippen LogP contribution in [0.15, 0.2) is 0 Å². The molecule has 0 bridgehead atoms. The van der Waals surface area contributed by atoms with Gasteiger partial charge in [-0.1, -0.05) is 53.4 Å². The molecule has 10 amide bonds. The number of ether oxygens (including phenoxy) is 4. The second-order valence-corrected chi connectivity index (χ2v) is 17.9. The first kappa shape index (κ1) is 70.2. The lowest BCUT2D eigenvalue weighted by atomic mass is 10.2. The van der Waals surface area contributed by atoms with E-state index >= 15 is 0 Å². The van der Waals surface area contributed by atoms with E-state index in [-0.39, 0.29) is 139 Å². The first-order valence-electron chi connectivity index (χ1n) is 27.9. The number of hydrogen-bond acceptors (Lipinski definition) is 14. The van der Waals surface area contributed by atoms with E-state index in [1.165, 1.54) is 9.80 Å². The Balaban J connectivity index is 4.86. The third-order valence-electron chi connectivity index (χ3n) is 11.5. The number of unbranched alkanes of at least 4 members (excludes halogenated alkanes) is 8. The molecule has 0 saturated carbocycles. The molecular formula is C52H96N10O14. The number of hydrogen-bond donors (Lipinski definition) is 8. The monoisotopic (exact) mass is 1080 g/mol. The summed E-state index contributed by atoms with van der Waals surface area (Å²) >= 11 is 0. The van der Waals surface area contributed by atoms with Crippen molar-refractivity contribution in [2.45, 2.75) is 156 Å². The minimum Gasteiger partial charge on any atom is -0.447 e. The van der Waals surface area contributed by atoms with Gasteiger partial charge in [0.1, 0.15) is 13.2 Å². The molecule has 76 heavy (non-hydrogen) atoms. The highest BCUT2D eigenvalue weighted by molar-refractivity contribution is 5.78. The van der Waals surface area contributed by atoms with Crippen molar-refractivity contribution in [1.82, 2.24) is 52.3 Å². The van der Waals surface area contributed by atoms with Gasteiger partial charge < -0.3 is 71.3 Å². The lowest BCUT2D eigenvalue weighted by Crippen LogP contribution is -2.43. The smallest absolute Gasteiger partial charge is 0.409 e. The van der Waals surface area contributed by atoms with Crippen molar-refractivity contribution in [2.75, 3.05) is 118 Å². The second-order valence-electron chi connectivity index (χ2n) is 17.9. The largest absolute Gasteiger partial charge is 0.447 e. The molecule has 0 aromatic rings. The van der Waals surface area contributed by atoms with Crippen LogP contribution in [0.3, 0.4) is 0 Å². The van der Waals surface area contributed by atoms with Crippen molar-refractivity contribution in [3.05, 3.63) is 0 Å². The number of carbonyl (C=O) groups excluding carboxylic acids is 10. The molecule has 0 aromatic heterocycles. The lowest BCUT2D eigenvalue weighted by molar-refractivity contribution is -0.122. The van der Waals surface area contributed by atoms with Crippen LogP contribution in [0, 0.1) is 0 Å². The molecule has 24 heteroatoms. The van der Waals surface area contributed by atoms with Crippen molar-refractivity contribution in [3.63, 3.8) is 0 Å². The van der Waals surface area contributed by atoms with Gasteiger partial charge in [-0.15, -0.1) is 0 Å². The quantitative estimate of drug-likeness (QED) is 0.0407. The lowest BCUT2D eigenvalue weighted by Gasteiger charge is -2.23. The Bertz CT molecular complexity index is 1430. The van der Waals surface area contributed by atoms with Gasteiger partial charge in [0, 0.05) is 130 Å². The molecule has 8 N–H and O–H groups in total. The van der Waals surface area contributed by atoms with Gasteiger partial charge in [-0.2, -0.15) is 0 Å². The van der Waals surface area contributed by atoms with Crippen LogP contribution in [0.5, 0.6) is 0 Å². The average Bonchev–Trinajstić information content (AvgIpc) is 3.41. The third kappa shape index (κ3) is 44.5. The van der Waals surface area contributed by atoms with Gasteiger partial charge in [-0.05, 0) is 51.4 Å². The van der Waals surface area contributed by atoms with Crippen LogP contribution < -0.4 is 42.5 Å². The molecule has 0 heterocycles. The fourth-order valence-electron chi connectivity index (χ4n) is 6.90. The highest BCUT2D eigenvalue weighted by atomic mass is 16.6.